The minimum absolute atomic E-state index is 0.107. The van der Waals surface area contributed by atoms with Gasteiger partial charge in [-0.15, -0.1) is 0 Å². The van der Waals surface area contributed by atoms with E-state index in [1.165, 1.54) is 22.3 Å². The van der Waals surface area contributed by atoms with Gasteiger partial charge in [0, 0.05) is 11.1 Å². The van der Waals surface area contributed by atoms with Crippen molar-refractivity contribution in [1.82, 2.24) is 5.32 Å². The fraction of sp³-hybridized carbons (Fsp3) is 0.444. The first-order chi connectivity index (χ1) is 10.1. The van der Waals surface area contributed by atoms with Gasteiger partial charge < -0.3 is 14.5 Å². The molecule has 1 atom stereocenters. The third-order valence-electron chi connectivity index (χ3n) is 4.47. The number of nitrogens with one attached hydrogen (secondary N) is 1. The van der Waals surface area contributed by atoms with Crippen molar-refractivity contribution < 1.29 is 9.15 Å². The highest BCUT2D eigenvalue weighted by atomic mass is 16.5. The predicted octanol–water partition coefficient (Wildman–Crippen LogP) is 3.84. The third kappa shape index (κ3) is 2.36. The van der Waals surface area contributed by atoms with Crippen LogP contribution in [0.15, 0.2) is 22.6 Å². The van der Waals surface area contributed by atoms with Crippen LogP contribution < -0.4 is 10.1 Å². The maximum absolute atomic E-state index is 5.97. The summed E-state index contributed by atoms with van der Waals surface area (Å²) in [5.41, 5.74) is 4.98. The molecule has 0 radical (unpaired) electrons. The Bertz CT molecular complexity index is 657. The predicted molar refractivity (Wildman–Crippen MR) is 84.1 cm³/mol. The van der Waals surface area contributed by atoms with Gasteiger partial charge in [-0.25, -0.2) is 0 Å². The molecule has 3 heteroatoms. The highest BCUT2D eigenvalue weighted by molar-refractivity contribution is 5.50. The Morgan fingerprint density at radius 2 is 1.95 bits per heavy atom. The van der Waals surface area contributed by atoms with Gasteiger partial charge in [-0.3, -0.25) is 0 Å². The molecule has 0 spiro atoms. The van der Waals surface area contributed by atoms with Gasteiger partial charge in [-0.2, -0.15) is 0 Å². The van der Waals surface area contributed by atoms with Crippen molar-refractivity contribution in [2.75, 3.05) is 13.7 Å². The molecule has 3 nitrogen and oxygen atoms in total. The molecule has 1 N–H and O–H groups in total. The normalized spacial score (nSPS) is 15.4. The second-order valence-electron chi connectivity index (χ2n) is 5.76. The number of benzene rings is 1. The van der Waals surface area contributed by atoms with Gasteiger partial charge in [0.1, 0.15) is 17.3 Å². The minimum Gasteiger partial charge on any atom is -0.493 e. The van der Waals surface area contributed by atoms with E-state index in [1.807, 2.05) is 20.9 Å². The molecule has 21 heavy (non-hydrogen) atoms. The standard InChI is InChI=1S/C18H23NO2/c1-11-12(2)21-13(3)16(11)17(19-4)15-9-5-7-14-8-6-10-20-18(14)15/h5,7,9,17,19H,6,8,10H2,1-4H3. The maximum Gasteiger partial charge on any atom is 0.127 e. The largest absolute Gasteiger partial charge is 0.493 e. The summed E-state index contributed by atoms with van der Waals surface area (Å²) in [5.74, 6) is 3.03. The zero-order chi connectivity index (χ0) is 15.0. The molecule has 1 aliphatic heterocycles. The van der Waals surface area contributed by atoms with Crippen LogP contribution in [0.3, 0.4) is 0 Å². The molecule has 3 rings (SSSR count). The average Bonchev–Trinajstić information content (AvgIpc) is 2.75. The smallest absolute Gasteiger partial charge is 0.127 e. The van der Waals surface area contributed by atoms with Crippen molar-refractivity contribution in [3.63, 3.8) is 0 Å². The first-order valence-electron chi connectivity index (χ1n) is 7.61. The van der Waals surface area contributed by atoms with E-state index in [4.69, 9.17) is 9.15 Å². The highest BCUT2D eigenvalue weighted by Crippen LogP contribution is 2.38. The SMILES string of the molecule is CNC(c1cccc2c1OCCC2)c1c(C)oc(C)c1C. The molecule has 0 saturated carbocycles. The number of rotatable bonds is 3. The molecule has 1 aliphatic rings. The molecule has 1 unspecified atom stereocenters. The van der Waals surface area contributed by atoms with Crippen LogP contribution in [-0.4, -0.2) is 13.7 Å². The first kappa shape index (κ1) is 14.2. The summed E-state index contributed by atoms with van der Waals surface area (Å²) in [5, 5.41) is 3.44. The molecule has 0 saturated heterocycles. The Morgan fingerprint density at radius 1 is 1.14 bits per heavy atom. The van der Waals surface area contributed by atoms with Crippen molar-refractivity contribution in [3.05, 3.63) is 52.0 Å². The van der Waals surface area contributed by atoms with Gasteiger partial charge in [-0.05, 0) is 51.8 Å². The second-order valence-corrected chi connectivity index (χ2v) is 5.76. The summed E-state index contributed by atoms with van der Waals surface area (Å²) in [6.45, 7) is 7.00. The fourth-order valence-corrected chi connectivity index (χ4v) is 3.33. The Hall–Kier alpha value is -1.74. The summed E-state index contributed by atoms with van der Waals surface area (Å²) in [4.78, 5) is 0. The molecule has 0 aliphatic carbocycles. The maximum atomic E-state index is 5.97. The van der Waals surface area contributed by atoms with E-state index in [1.54, 1.807) is 0 Å². The molecular weight excluding hydrogens is 262 g/mol. The number of para-hydroxylation sites is 1. The van der Waals surface area contributed by atoms with Crippen LogP contribution in [0.5, 0.6) is 5.75 Å². The van der Waals surface area contributed by atoms with Gasteiger partial charge in [0.2, 0.25) is 0 Å². The molecule has 112 valence electrons. The highest BCUT2D eigenvalue weighted by Gasteiger charge is 2.26. The second kappa shape index (κ2) is 5.57. The molecule has 1 aromatic heterocycles. The summed E-state index contributed by atoms with van der Waals surface area (Å²) in [6.07, 6.45) is 2.20. The van der Waals surface area contributed by atoms with Crippen LogP contribution in [0.4, 0.5) is 0 Å². The van der Waals surface area contributed by atoms with E-state index in [2.05, 4.69) is 30.4 Å². The minimum atomic E-state index is 0.107. The molecule has 2 heterocycles. The molecule has 0 fully saturated rings. The van der Waals surface area contributed by atoms with Gasteiger partial charge in [-0.1, -0.05) is 18.2 Å². The topological polar surface area (TPSA) is 34.4 Å². The first-order valence-corrected chi connectivity index (χ1v) is 7.61. The quantitative estimate of drug-likeness (QED) is 0.930. The zero-order valence-corrected chi connectivity index (χ0v) is 13.2. The molecular formula is C18H23NO2. The lowest BCUT2D eigenvalue weighted by Crippen LogP contribution is -2.21. The van der Waals surface area contributed by atoms with Gasteiger partial charge in [0.15, 0.2) is 0 Å². The fourth-order valence-electron chi connectivity index (χ4n) is 3.33. The van der Waals surface area contributed by atoms with Crippen LogP contribution >= 0.6 is 0 Å². The summed E-state index contributed by atoms with van der Waals surface area (Å²) in [6, 6.07) is 6.57. The summed E-state index contributed by atoms with van der Waals surface area (Å²) < 4.78 is 11.8. The molecule has 0 amide bonds. The lowest BCUT2D eigenvalue weighted by molar-refractivity contribution is 0.283. The number of furan rings is 1. The van der Waals surface area contributed by atoms with Gasteiger partial charge in [0.05, 0.1) is 12.6 Å². The van der Waals surface area contributed by atoms with Crippen LogP contribution in [0, 0.1) is 20.8 Å². The number of ether oxygens (including phenoxy) is 1. The Morgan fingerprint density at radius 3 is 2.62 bits per heavy atom. The lowest BCUT2D eigenvalue weighted by Gasteiger charge is -2.25. The van der Waals surface area contributed by atoms with E-state index in [0.29, 0.717) is 0 Å². The van der Waals surface area contributed by atoms with Crippen molar-refractivity contribution in [2.24, 2.45) is 0 Å². The molecule has 2 aromatic rings. The van der Waals surface area contributed by atoms with Crippen molar-refractivity contribution in [3.8, 4) is 5.75 Å². The number of hydrogen-bond donors (Lipinski definition) is 1. The average molecular weight is 285 g/mol. The van der Waals surface area contributed by atoms with Crippen LogP contribution in [0.1, 0.15) is 46.2 Å². The van der Waals surface area contributed by atoms with E-state index in [-0.39, 0.29) is 6.04 Å². The number of aryl methyl sites for hydroxylation is 3. The van der Waals surface area contributed by atoms with Crippen molar-refractivity contribution >= 4 is 0 Å². The van der Waals surface area contributed by atoms with E-state index in [0.717, 1.165) is 36.7 Å². The molecule has 0 bridgehead atoms. The lowest BCUT2D eigenvalue weighted by atomic mass is 9.92. The number of hydrogen-bond acceptors (Lipinski definition) is 3. The monoisotopic (exact) mass is 285 g/mol. The Kier molecular flexibility index (Phi) is 3.77. The zero-order valence-electron chi connectivity index (χ0n) is 13.2. The summed E-state index contributed by atoms with van der Waals surface area (Å²) >= 11 is 0. The van der Waals surface area contributed by atoms with E-state index < -0.39 is 0 Å². The van der Waals surface area contributed by atoms with Gasteiger partial charge >= 0.3 is 0 Å². The molecule has 1 aromatic carbocycles. The van der Waals surface area contributed by atoms with Crippen LogP contribution in [0.2, 0.25) is 0 Å². The Balaban J connectivity index is 2.13. The van der Waals surface area contributed by atoms with Crippen LogP contribution in [0.25, 0.3) is 0 Å². The van der Waals surface area contributed by atoms with Crippen LogP contribution in [-0.2, 0) is 6.42 Å². The Labute approximate surface area is 126 Å². The van der Waals surface area contributed by atoms with Gasteiger partial charge in [0.25, 0.3) is 0 Å². The third-order valence-corrected chi connectivity index (χ3v) is 4.47. The summed E-state index contributed by atoms with van der Waals surface area (Å²) in [7, 11) is 1.99. The van der Waals surface area contributed by atoms with E-state index in [9.17, 15) is 0 Å². The van der Waals surface area contributed by atoms with E-state index >= 15 is 0 Å². The van der Waals surface area contributed by atoms with Crippen molar-refractivity contribution in [2.45, 2.75) is 39.7 Å². The van der Waals surface area contributed by atoms with Crippen molar-refractivity contribution in [1.29, 1.82) is 0 Å². The number of fused-ring (bicyclic) bond motifs is 1.